The molecule has 2 heterocycles. The summed E-state index contributed by atoms with van der Waals surface area (Å²) in [4.78, 5) is 18.7. The zero-order valence-corrected chi connectivity index (χ0v) is 16.6. The summed E-state index contributed by atoms with van der Waals surface area (Å²) in [5, 5.41) is 10.3. The largest absolute Gasteiger partial charge is 0.354 e. The lowest BCUT2D eigenvalue weighted by molar-refractivity contribution is 0.0954. The van der Waals surface area contributed by atoms with E-state index in [-0.39, 0.29) is 11.7 Å². The summed E-state index contributed by atoms with van der Waals surface area (Å²) >= 11 is 0. The maximum atomic E-state index is 13.6. The van der Waals surface area contributed by atoms with Gasteiger partial charge in [0.1, 0.15) is 5.82 Å². The normalized spacial score (nSPS) is 17.1. The van der Waals surface area contributed by atoms with Crippen LogP contribution in [0.5, 0.6) is 0 Å². The van der Waals surface area contributed by atoms with E-state index in [0.29, 0.717) is 30.1 Å². The second kappa shape index (κ2) is 8.86. The van der Waals surface area contributed by atoms with Crippen molar-refractivity contribution in [2.75, 3.05) is 33.2 Å². The van der Waals surface area contributed by atoms with Gasteiger partial charge in [-0.3, -0.25) is 14.5 Å². The molecule has 1 amide bonds. The molecule has 1 aliphatic rings. The van der Waals surface area contributed by atoms with Crippen LogP contribution < -0.4 is 10.6 Å². The SMILES string of the molecule is CN=C(NCCNC(=O)c1ccc(C)c(F)c1)N1CCC(c2cnn(C)c2)C1. The van der Waals surface area contributed by atoms with Crippen LogP contribution in [0.25, 0.3) is 0 Å². The van der Waals surface area contributed by atoms with Crippen LogP contribution in [0.15, 0.2) is 35.6 Å². The first-order valence-corrected chi connectivity index (χ1v) is 9.46. The topological polar surface area (TPSA) is 74.6 Å². The van der Waals surface area contributed by atoms with E-state index < -0.39 is 0 Å². The minimum Gasteiger partial charge on any atom is -0.354 e. The number of hydrogen-bond acceptors (Lipinski definition) is 3. The van der Waals surface area contributed by atoms with Crippen LogP contribution in [0.4, 0.5) is 4.39 Å². The third-order valence-corrected chi connectivity index (χ3v) is 5.02. The van der Waals surface area contributed by atoms with Crippen molar-refractivity contribution in [3.8, 4) is 0 Å². The summed E-state index contributed by atoms with van der Waals surface area (Å²) in [5.41, 5.74) is 2.10. The highest BCUT2D eigenvalue weighted by Crippen LogP contribution is 2.26. The van der Waals surface area contributed by atoms with E-state index in [4.69, 9.17) is 0 Å². The number of halogens is 1. The second-order valence-electron chi connectivity index (χ2n) is 7.07. The average Bonchev–Trinajstić information content (AvgIpc) is 3.33. The number of amides is 1. The molecule has 1 atom stereocenters. The van der Waals surface area contributed by atoms with E-state index in [1.54, 1.807) is 26.1 Å². The number of likely N-dealkylation sites (tertiary alicyclic amines) is 1. The summed E-state index contributed by atoms with van der Waals surface area (Å²) in [6.07, 6.45) is 5.05. The smallest absolute Gasteiger partial charge is 0.251 e. The molecule has 0 saturated carbocycles. The van der Waals surface area contributed by atoms with Gasteiger partial charge in [-0.1, -0.05) is 6.07 Å². The highest BCUT2D eigenvalue weighted by molar-refractivity contribution is 5.94. The van der Waals surface area contributed by atoms with Crippen LogP contribution >= 0.6 is 0 Å². The maximum Gasteiger partial charge on any atom is 0.251 e. The van der Waals surface area contributed by atoms with Crippen LogP contribution in [-0.4, -0.2) is 59.8 Å². The van der Waals surface area contributed by atoms with Crippen LogP contribution in [0.2, 0.25) is 0 Å². The van der Waals surface area contributed by atoms with Crippen molar-refractivity contribution < 1.29 is 9.18 Å². The number of guanidine groups is 1. The number of hydrogen-bond donors (Lipinski definition) is 2. The first kappa shape index (κ1) is 19.9. The van der Waals surface area contributed by atoms with Gasteiger partial charge in [0.15, 0.2) is 5.96 Å². The molecule has 0 spiro atoms. The molecule has 2 N–H and O–H groups in total. The maximum absolute atomic E-state index is 13.6. The average molecular weight is 386 g/mol. The monoisotopic (exact) mass is 386 g/mol. The van der Waals surface area contributed by atoms with Crippen molar-refractivity contribution in [3.05, 3.63) is 53.1 Å². The molecule has 3 rings (SSSR count). The quantitative estimate of drug-likeness (QED) is 0.466. The van der Waals surface area contributed by atoms with E-state index in [1.807, 2.05) is 17.9 Å². The predicted molar refractivity (Wildman–Crippen MR) is 107 cm³/mol. The van der Waals surface area contributed by atoms with Gasteiger partial charge >= 0.3 is 0 Å². The highest BCUT2D eigenvalue weighted by Gasteiger charge is 2.26. The van der Waals surface area contributed by atoms with Crippen LogP contribution in [0, 0.1) is 12.7 Å². The molecule has 28 heavy (non-hydrogen) atoms. The second-order valence-corrected chi connectivity index (χ2v) is 7.07. The fraction of sp³-hybridized carbons (Fsp3) is 0.450. The Morgan fingerprint density at radius 3 is 2.82 bits per heavy atom. The first-order chi connectivity index (χ1) is 13.5. The molecular formula is C20H27FN6O. The summed E-state index contributed by atoms with van der Waals surface area (Å²) < 4.78 is 15.4. The van der Waals surface area contributed by atoms with Crippen LogP contribution in [-0.2, 0) is 7.05 Å². The Balaban J connectivity index is 1.44. The lowest BCUT2D eigenvalue weighted by Crippen LogP contribution is -2.43. The van der Waals surface area contributed by atoms with Gasteiger partial charge in [-0.05, 0) is 36.6 Å². The fourth-order valence-electron chi connectivity index (χ4n) is 3.39. The molecule has 1 aromatic heterocycles. The number of aliphatic imine (C=N–C) groups is 1. The molecule has 1 aliphatic heterocycles. The number of nitrogens with one attached hydrogen (secondary N) is 2. The lowest BCUT2D eigenvalue weighted by Gasteiger charge is -2.21. The van der Waals surface area contributed by atoms with E-state index >= 15 is 0 Å². The molecule has 1 saturated heterocycles. The molecule has 1 fully saturated rings. The van der Waals surface area contributed by atoms with Crippen molar-refractivity contribution >= 4 is 11.9 Å². The van der Waals surface area contributed by atoms with Gasteiger partial charge in [0.05, 0.1) is 6.20 Å². The zero-order chi connectivity index (χ0) is 20.1. The molecule has 0 bridgehead atoms. The Labute approximate surface area is 164 Å². The van der Waals surface area contributed by atoms with Crippen molar-refractivity contribution in [3.63, 3.8) is 0 Å². The Morgan fingerprint density at radius 2 is 2.14 bits per heavy atom. The Morgan fingerprint density at radius 1 is 1.36 bits per heavy atom. The van der Waals surface area contributed by atoms with Crippen molar-refractivity contribution in [1.82, 2.24) is 25.3 Å². The van der Waals surface area contributed by atoms with Gasteiger partial charge in [-0.25, -0.2) is 4.39 Å². The molecule has 2 aromatic rings. The Hall–Kier alpha value is -2.90. The van der Waals surface area contributed by atoms with Crippen molar-refractivity contribution in [1.29, 1.82) is 0 Å². The number of carbonyl (C=O) groups excluding carboxylic acids is 1. The highest BCUT2D eigenvalue weighted by atomic mass is 19.1. The minimum atomic E-state index is -0.372. The van der Waals surface area contributed by atoms with E-state index in [9.17, 15) is 9.18 Å². The zero-order valence-electron chi connectivity index (χ0n) is 16.6. The number of aromatic nitrogens is 2. The van der Waals surface area contributed by atoms with Crippen LogP contribution in [0.3, 0.4) is 0 Å². The third-order valence-electron chi connectivity index (χ3n) is 5.02. The van der Waals surface area contributed by atoms with Gasteiger partial charge in [-0.15, -0.1) is 0 Å². The Bertz CT molecular complexity index is 862. The Kier molecular flexibility index (Phi) is 6.28. The van der Waals surface area contributed by atoms with Crippen LogP contribution in [0.1, 0.15) is 33.8 Å². The standard InChI is InChI=1S/C20H27FN6O/c1-14-4-5-15(10-18(14)21)19(28)23-7-8-24-20(22-2)27-9-6-16(13-27)17-11-25-26(3)12-17/h4-5,10-12,16H,6-9,13H2,1-3H3,(H,22,24)(H,23,28). The molecule has 0 radical (unpaired) electrons. The molecule has 150 valence electrons. The fourth-order valence-corrected chi connectivity index (χ4v) is 3.39. The minimum absolute atomic E-state index is 0.284. The third kappa shape index (κ3) is 4.68. The predicted octanol–water partition coefficient (Wildman–Crippen LogP) is 1.66. The van der Waals surface area contributed by atoms with Gasteiger partial charge in [0.25, 0.3) is 5.91 Å². The number of benzene rings is 1. The summed E-state index contributed by atoms with van der Waals surface area (Å²) in [5.74, 6) is 0.613. The molecule has 8 heteroatoms. The van der Waals surface area contributed by atoms with Crippen molar-refractivity contribution in [2.24, 2.45) is 12.0 Å². The molecule has 1 aromatic carbocycles. The van der Waals surface area contributed by atoms with E-state index in [0.717, 1.165) is 25.5 Å². The van der Waals surface area contributed by atoms with E-state index in [2.05, 4.69) is 31.8 Å². The molecule has 1 unspecified atom stereocenters. The summed E-state index contributed by atoms with van der Waals surface area (Å²) in [7, 11) is 3.68. The molecular weight excluding hydrogens is 359 g/mol. The van der Waals surface area contributed by atoms with E-state index in [1.165, 1.54) is 11.6 Å². The van der Waals surface area contributed by atoms with Gasteiger partial charge in [-0.2, -0.15) is 5.10 Å². The van der Waals surface area contributed by atoms with Crippen molar-refractivity contribution in [2.45, 2.75) is 19.3 Å². The van der Waals surface area contributed by atoms with Gasteiger partial charge in [0.2, 0.25) is 0 Å². The number of carbonyl (C=O) groups is 1. The summed E-state index contributed by atoms with van der Waals surface area (Å²) in [6.45, 7) is 4.45. The van der Waals surface area contributed by atoms with Gasteiger partial charge in [0, 0.05) is 58.0 Å². The number of aryl methyl sites for hydroxylation is 2. The molecule has 0 aliphatic carbocycles. The molecule has 7 nitrogen and oxygen atoms in total. The first-order valence-electron chi connectivity index (χ1n) is 9.46. The summed E-state index contributed by atoms with van der Waals surface area (Å²) in [6, 6.07) is 4.50. The van der Waals surface area contributed by atoms with Gasteiger partial charge < -0.3 is 15.5 Å². The number of nitrogens with zero attached hydrogens (tertiary/aromatic N) is 4. The number of rotatable bonds is 5. The lowest BCUT2D eigenvalue weighted by atomic mass is 10.0.